The van der Waals surface area contributed by atoms with Crippen LogP contribution >= 0.6 is 23.1 Å². The van der Waals surface area contributed by atoms with Crippen LogP contribution < -0.4 is 5.32 Å². The smallest absolute Gasteiger partial charge is 0.237 e. The first-order chi connectivity index (χ1) is 13.5. The minimum absolute atomic E-state index is 0.00255. The average Bonchev–Trinajstić information content (AvgIpc) is 3.20. The maximum absolute atomic E-state index is 12.6. The van der Waals surface area contributed by atoms with Gasteiger partial charge in [0, 0.05) is 17.3 Å². The minimum atomic E-state index is -0.328. The number of ketones is 1. The molecule has 4 rings (SSSR count). The monoisotopic (exact) mass is 412 g/mol. The largest absolute Gasteiger partial charge is 0.325 e. The second-order valence-electron chi connectivity index (χ2n) is 6.77. The van der Waals surface area contributed by atoms with E-state index in [1.807, 2.05) is 24.4 Å². The average molecular weight is 413 g/mol. The van der Waals surface area contributed by atoms with E-state index in [0.29, 0.717) is 17.3 Å². The fraction of sp³-hybridized carbons (Fsp3) is 0.300. The maximum Gasteiger partial charge on any atom is 0.237 e. The lowest BCUT2D eigenvalue weighted by molar-refractivity contribution is -0.115. The molecule has 1 atom stereocenters. The molecule has 8 heteroatoms. The molecule has 0 spiro atoms. The van der Waals surface area contributed by atoms with Gasteiger partial charge in [-0.15, -0.1) is 21.5 Å². The molecule has 144 valence electrons. The van der Waals surface area contributed by atoms with Gasteiger partial charge >= 0.3 is 0 Å². The second kappa shape index (κ2) is 7.89. The normalized spacial score (nSPS) is 14.6. The number of carbonyl (C=O) groups is 2. The molecule has 6 nitrogen and oxygen atoms in total. The summed E-state index contributed by atoms with van der Waals surface area (Å²) in [5.41, 5.74) is 1.30. The highest BCUT2D eigenvalue weighted by molar-refractivity contribution is 8.00. The highest BCUT2D eigenvalue weighted by Crippen LogP contribution is 2.42. The molecule has 1 aliphatic carbocycles. The standard InChI is InChI=1S/C20H20N4O2S2/c1-12(25)14-5-7-15(8-6-14)21-19(26)13(2)28-20-23-22-18(17-4-3-11-27-17)24(20)16-9-10-16/h3-8,11,13,16H,9-10H2,1-2H3,(H,21,26). The van der Waals surface area contributed by atoms with Crippen LogP contribution in [0.1, 0.15) is 43.1 Å². The van der Waals surface area contributed by atoms with Gasteiger partial charge in [0.15, 0.2) is 16.8 Å². The number of Topliss-reactive ketones (excluding diaryl/α,β-unsaturated/α-hetero) is 1. The van der Waals surface area contributed by atoms with Crippen LogP contribution in [0.4, 0.5) is 5.69 Å². The number of benzene rings is 1. The summed E-state index contributed by atoms with van der Waals surface area (Å²) in [7, 11) is 0. The SMILES string of the molecule is CC(=O)c1ccc(NC(=O)C(C)Sc2nnc(-c3cccs3)n2C2CC2)cc1. The van der Waals surface area contributed by atoms with Crippen LogP contribution in [0.5, 0.6) is 0 Å². The molecule has 2 aromatic heterocycles. The van der Waals surface area contributed by atoms with Gasteiger partial charge in [0.05, 0.1) is 10.1 Å². The number of thioether (sulfide) groups is 1. The molecule has 1 fully saturated rings. The highest BCUT2D eigenvalue weighted by atomic mass is 32.2. The number of hydrogen-bond acceptors (Lipinski definition) is 6. The number of carbonyl (C=O) groups excluding carboxylic acids is 2. The summed E-state index contributed by atoms with van der Waals surface area (Å²) in [5, 5.41) is 14.1. The van der Waals surface area contributed by atoms with Crippen LogP contribution in [-0.4, -0.2) is 31.7 Å². The molecule has 0 bridgehead atoms. The van der Waals surface area contributed by atoms with Crippen LogP contribution in [0.3, 0.4) is 0 Å². The Morgan fingerprint density at radius 3 is 2.57 bits per heavy atom. The summed E-state index contributed by atoms with van der Waals surface area (Å²) in [4.78, 5) is 25.1. The van der Waals surface area contributed by atoms with E-state index in [1.165, 1.54) is 18.7 Å². The van der Waals surface area contributed by atoms with Crippen LogP contribution in [0.15, 0.2) is 46.9 Å². The molecule has 1 unspecified atom stereocenters. The van der Waals surface area contributed by atoms with Crippen molar-refractivity contribution in [3.63, 3.8) is 0 Å². The van der Waals surface area contributed by atoms with Crippen molar-refractivity contribution < 1.29 is 9.59 Å². The molecule has 1 saturated carbocycles. The molecule has 0 saturated heterocycles. The quantitative estimate of drug-likeness (QED) is 0.451. The fourth-order valence-corrected chi connectivity index (χ4v) is 4.46. The summed E-state index contributed by atoms with van der Waals surface area (Å²) in [6.45, 7) is 3.38. The number of nitrogens with zero attached hydrogens (tertiary/aromatic N) is 3. The number of nitrogens with one attached hydrogen (secondary N) is 1. The predicted octanol–water partition coefficient (Wildman–Crippen LogP) is 4.66. The zero-order valence-electron chi connectivity index (χ0n) is 15.6. The summed E-state index contributed by atoms with van der Waals surface area (Å²) >= 11 is 3.06. The first-order valence-electron chi connectivity index (χ1n) is 9.10. The van der Waals surface area contributed by atoms with Crippen molar-refractivity contribution >= 4 is 40.5 Å². The summed E-state index contributed by atoms with van der Waals surface area (Å²) in [6, 6.07) is 11.4. The summed E-state index contributed by atoms with van der Waals surface area (Å²) in [5.74, 6) is 0.777. The molecule has 1 N–H and O–H groups in total. The van der Waals surface area contributed by atoms with E-state index in [0.717, 1.165) is 28.7 Å². The van der Waals surface area contributed by atoms with E-state index < -0.39 is 0 Å². The number of thiophene rings is 1. The lowest BCUT2D eigenvalue weighted by Gasteiger charge is -2.13. The number of anilines is 1. The van der Waals surface area contributed by atoms with Crippen LogP contribution in [0.25, 0.3) is 10.7 Å². The van der Waals surface area contributed by atoms with E-state index >= 15 is 0 Å². The lowest BCUT2D eigenvalue weighted by Crippen LogP contribution is -2.23. The van der Waals surface area contributed by atoms with Crippen LogP contribution in [0, 0.1) is 0 Å². The zero-order chi connectivity index (χ0) is 19.7. The molecule has 1 aromatic carbocycles. The van der Waals surface area contributed by atoms with Crippen molar-refractivity contribution in [3.05, 3.63) is 47.3 Å². The predicted molar refractivity (Wildman–Crippen MR) is 112 cm³/mol. The Bertz CT molecular complexity index is 992. The Morgan fingerprint density at radius 2 is 1.96 bits per heavy atom. The molecular weight excluding hydrogens is 392 g/mol. The van der Waals surface area contributed by atoms with Gasteiger partial charge in [0.25, 0.3) is 0 Å². The van der Waals surface area contributed by atoms with Gasteiger partial charge in [0.1, 0.15) is 0 Å². The van der Waals surface area contributed by atoms with Gasteiger partial charge in [0.2, 0.25) is 5.91 Å². The maximum atomic E-state index is 12.6. The van der Waals surface area contributed by atoms with Crippen LogP contribution in [-0.2, 0) is 4.79 Å². The first kappa shape index (κ1) is 18.9. The Hall–Kier alpha value is -2.45. The first-order valence-corrected chi connectivity index (χ1v) is 10.9. The van der Waals surface area contributed by atoms with E-state index in [1.54, 1.807) is 35.6 Å². The third-order valence-electron chi connectivity index (χ3n) is 4.53. The number of amides is 1. The van der Waals surface area contributed by atoms with Crippen molar-refractivity contribution in [2.45, 2.75) is 43.1 Å². The van der Waals surface area contributed by atoms with Gasteiger partial charge in [-0.25, -0.2) is 0 Å². The van der Waals surface area contributed by atoms with Gasteiger partial charge in [-0.05, 0) is 62.4 Å². The van der Waals surface area contributed by atoms with Crippen LogP contribution in [0.2, 0.25) is 0 Å². The molecule has 2 heterocycles. The third kappa shape index (κ3) is 4.02. The fourth-order valence-electron chi connectivity index (χ4n) is 2.84. The Kier molecular flexibility index (Phi) is 5.32. The molecule has 0 aliphatic heterocycles. The Balaban J connectivity index is 1.47. The van der Waals surface area contributed by atoms with Crippen molar-refractivity contribution in [1.29, 1.82) is 0 Å². The molecule has 1 aliphatic rings. The van der Waals surface area contributed by atoms with Gasteiger partial charge in [-0.2, -0.15) is 0 Å². The van der Waals surface area contributed by atoms with E-state index in [2.05, 4.69) is 20.1 Å². The van der Waals surface area contributed by atoms with E-state index in [-0.39, 0.29) is 16.9 Å². The lowest BCUT2D eigenvalue weighted by atomic mass is 10.1. The highest BCUT2D eigenvalue weighted by Gasteiger charge is 2.31. The molecule has 3 aromatic rings. The van der Waals surface area contributed by atoms with Gasteiger partial charge in [-0.3, -0.25) is 14.2 Å². The second-order valence-corrected chi connectivity index (χ2v) is 9.02. The van der Waals surface area contributed by atoms with Crippen molar-refractivity contribution in [1.82, 2.24) is 14.8 Å². The summed E-state index contributed by atoms with van der Waals surface area (Å²) < 4.78 is 2.17. The Morgan fingerprint density at radius 1 is 1.21 bits per heavy atom. The van der Waals surface area contributed by atoms with Crippen molar-refractivity contribution in [2.24, 2.45) is 0 Å². The van der Waals surface area contributed by atoms with E-state index in [9.17, 15) is 9.59 Å². The summed E-state index contributed by atoms with van der Waals surface area (Å²) in [6.07, 6.45) is 2.24. The van der Waals surface area contributed by atoms with E-state index in [4.69, 9.17) is 0 Å². The molecule has 0 radical (unpaired) electrons. The van der Waals surface area contributed by atoms with Crippen molar-refractivity contribution in [3.8, 4) is 10.7 Å². The van der Waals surface area contributed by atoms with Gasteiger partial charge < -0.3 is 5.32 Å². The van der Waals surface area contributed by atoms with Crippen molar-refractivity contribution in [2.75, 3.05) is 5.32 Å². The zero-order valence-corrected chi connectivity index (χ0v) is 17.2. The number of hydrogen-bond donors (Lipinski definition) is 1. The molecular formula is C20H20N4O2S2. The number of rotatable bonds is 7. The molecule has 28 heavy (non-hydrogen) atoms. The van der Waals surface area contributed by atoms with Gasteiger partial charge in [-0.1, -0.05) is 17.8 Å². The third-order valence-corrected chi connectivity index (χ3v) is 6.45. The Labute approximate surface area is 171 Å². The number of aromatic nitrogens is 3. The topological polar surface area (TPSA) is 76.9 Å². The minimum Gasteiger partial charge on any atom is -0.325 e. The molecule has 1 amide bonds.